The van der Waals surface area contributed by atoms with Gasteiger partial charge in [-0.05, 0) is 46.5 Å². The lowest BCUT2D eigenvalue weighted by Crippen LogP contribution is -2.47. The number of carbonyl (C=O) groups is 1. The zero-order valence-electron chi connectivity index (χ0n) is 10.5. The molecular weight excluding hydrogens is 204 g/mol. The van der Waals surface area contributed by atoms with E-state index in [1.165, 1.54) is 0 Å². The smallest absolute Gasteiger partial charge is 0.234 e. The zero-order chi connectivity index (χ0) is 12.2. The fourth-order valence-electron chi connectivity index (χ4n) is 1.98. The van der Waals surface area contributed by atoms with Gasteiger partial charge in [-0.15, -0.1) is 0 Å². The first-order chi connectivity index (χ1) is 7.37. The third-order valence-corrected chi connectivity index (χ3v) is 2.76. The Kier molecular flexibility index (Phi) is 4.74. The number of hydrogen-bond donors (Lipinski definition) is 3. The Bertz CT molecular complexity index is 228. The lowest BCUT2D eigenvalue weighted by atomic mass is 9.93. The molecule has 16 heavy (non-hydrogen) atoms. The molecule has 1 amide bonds. The molecule has 1 aliphatic carbocycles. The molecule has 0 radical (unpaired) electrons. The maximum atomic E-state index is 11.5. The number of hydrogen-bond acceptors (Lipinski definition) is 3. The van der Waals surface area contributed by atoms with Crippen molar-refractivity contribution in [3.05, 3.63) is 0 Å². The van der Waals surface area contributed by atoms with Gasteiger partial charge in [-0.25, -0.2) is 0 Å². The van der Waals surface area contributed by atoms with Crippen LogP contribution in [0.3, 0.4) is 0 Å². The van der Waals surface area contributed by atoms with Crippen molar-refractivity contribution < 1.29 is 9.90 Å². The largest absolute Gasteiger partial charge is 0.393 e. The van der Waals surface area contributed by atoms with E-state index in [2.05, 4.69) is 10.6 Å². The summed E-state index contributed by atoms with van der Waals surface area (Å²) in [7, 11) is 0. The molecule has 0 atom stereocenters. The monoisotopic (exact) mass is 228 g/mol. The highest BCUT2D eigenvalue weighted by molar-refractivity contribution is 5.78. The van der Waals surface area contributed by atoms with Crippen LogP contribution in [0.1, 0.15) is 46.5 Å². The number of rotatable bonds is 3. The predicted octanol–water partition coefficient (Wildman–Crippen LogP) is 0.794. The summed E-state index contributed by atoms with van der Waals surface area (Å²) in [6.45, 7) is 6.30. The second kappa shape index (κ2) is 5.64. The summed E-state index contributed by atoms with van der Waals surface area (Å²) in [5.41, 5.74) is -0.165. The Morgan fingerprint density at radius 1 is 1.25 bits per heavy atom. The quantitative estimate of drug-likeness (QED) is 0.669. The molecule has 0 aromatic carbocycles. The van der Waals surface area contributed by atoms with E-state index in [1.54, 1.807) is 0 Å². The highest BCUT2D eigenvalue weighted by Crippen LogP contribution is 2.17. The maximum absolute atomic E-state index is 11.5. The van der Waals surface area contributed by atoms with Crippen LogP contribution < -0.4 is 10.6 Å². The molecule has 4 nitrogen and oxygen atoms in total. The fourth-order valence-corrected chi connectivity index (χ4v) is 1.98. The molecule has 94 valence electrons. The van der Waals surface area contributed by atoms with Crippen molar-refractivity contribution in [2.75, 3.05) is 6.54 Å². The van der Waals surface area contributed by atoms with Crippen molar-refractivity contribution in [1.82, 2.24) is 10.6 Å². The van der Waals surface area contributed by atoms with Crippen LogP contribution in [0.15, 0.2) is 0 Å². The van der Waals surface area contributed by atoms with Crippen LogP contribution in [0.5, 0.6) is 0 Å². The maximum Gasteiger partial charge on any atom is 0.234 e. The molecule has 0 bridgehead atoms. The minimum absolute atomic E-state index is 0.0404. The Hall–Kier alpha value is -0.610. The lowest BCUT2D eigenvalue weighted by Gasteiger charge is -2.27. The molecule has 0 spiro atoms. The van der Waals surface area contributed by atoms with Crippen LogP contribution in [0, 0.1) is 0 Å². The molecule has 1 saturated carbocycles. The van der Waals surface area contributed by atoms with Gasteiger partial charge in [-0.2, -0.15) is 0 Å². The fraction of sp³-hybridized carbons (Fsp3) is 0.917. The van der Waals surface area contributed by atoms with Crippen LogP contribution in [0.2, 0.25) is 0 Å². The van der Waals surface area contributed by atoms with Crippen molar-refractivity contribution in [2.45, 2.75) is 64.1 Å². The Morgan fingerprint density at radius 2 is 1.81 bits per heavy atom. The van der Waals surface area contributed by atoms with Crippen LogP contribution in [0.4, 0.5) is 0 Å². The van der Waals surface area contributed by atoms with Gasteiger partial charge in [0, 0.05) is 11.6 Å². The van der Waals surface area contributed by atoms with Crippen molar-refractivity contribution in [1.29, 1.82) is 0 Å². The van der Waals surface area contributed by atoms with Gasteiger partial charge in [-0.3, -0.25) is 4.79 Å². The molecule has 0 aromatic heterocycles. The number of carbonyl (C=O) groups excluding carboxylic acids is 1. The standard InChI is InChI=1S/C12H24N2O2/c1-12(2,3)14-11(16)8-13-9-4-6-10(15)7-5-9/h9-10,13,15H,4-8H2,1-3H3,(H,14,16). The van der Waals surface area contributed by atoms with E-state index in [-0.39, 0.29) is 17.6 Å². The van der Waals surface area contributed by atoms with Gasteiger partial charge in [0.05, 0.1) is 12.6 Å². The Labute approximate surface area is 97.8 Å². The van der Waals surface area contributed by atoms with Crippen molar-refractivity contribution in [3.63, 3.8) is 0 Å². The van der Waals surface area contributed by atoms with Gasteiger partial charge in [0.15, 0.2) is 0 Å². The van der Waals surface area contributed by atoms with Crippen molar-refractivity contribution >= 4 is 5.91 Å². The molecule has 1 fully saturated rings. The molecular formula is C12H24N2O2. The van der Waals surface area contributed by atoms with Crippen molar-refractivity contribution in [3.8, 4) is 0 Å². The Balaban J connectivity index is 2.17. The molecule has 1 rings (SSSR count). The first-order valence-corrected chi connectivity index (χ1v) is 6.09. The number of nitrogens with one attached hydrogen (secondary N) is 2. The molecule has 1 aliphatic rings. The minimum Gasteiger partial charge on any atom is -0.393 e. The predicted molar refractivity (Wildman–Crippen MR) is 64.2 cm³/mol. The molecule has 4 heteroatoms. The topological polar surface area (TPSA) is 61.4 Å². The van der Waals surface area contributed by atoms with Gasteiger partial charge >= 0.3 is 0 Å². The first-order valence-electron chi connectivity index (χ1n) is 6.09. The van der Waals surface area contributed by atoms with Crippen LogP contribution >= 0.6 is 0 Å². The van der Waals surface area contributed by atoms with Gasteiger partial charge in [-0.1, -0.05) is 0 Å². The van der Waals surface area contributed by atoms with Crippen LogP contribution in [0.25, 0.3) is 0 Å². The summed E-state index contributed by atoms with van der Waals surface area (Å²) in [6, 6.07) is 0.383. The highest BCUT2D eigenvalue weighted by Gasteiger charge is 2.20. The Morgan fingerprint density at radius 3 is 2.31 bits per heavy atom. The summed E-state index contributed by atoms with van der Waals surface area (Å²) >= 11 is 0. The van der Waals surface area contributed by atoms with E-state index in [0.717, 1.165) is 25.7 Å². The van der Waals surface area contributed by atoms with Crippen LogP contribution in [-0.2, 0) is 4.79 Å². The van der Waals surface area contributed by atoms with E-state index in [9.17, 15) is 9.90 Å². The summed E-state index contributed by atoms with van der Waals surface area (Å²) in [6.07, 6.45) is 3.48. The van der Waals surface area contributed by atoms with E-state index < -0.39 is 0 Å². The molecule has 0 aromatic rings. The molecule has 0 heterocycles. The highest BCUT2D eigenvalue weighted by atomic mass is 16.3. The number of aliphatic hydroxyl groups is 1. The molecule has 0 saturated heterocycles. The van der Waals surface area contributed by atoms with Gasteiger partial charge in [0.2, 0.25) is 5.91 Å². The van der Waals surface area contributed by atoms with Gasteiger partial charge in [0.25, 0.3) is 0 Å². The molecule has 0 aliphatic heterocycles. The zero-order valence-corrected chi connectivity index (χ0v) is 10.5. The van der Waals surface area contributed by atoms with E-state index >= 15 is 0 Å². The van der Waals surface area contributed by atoms with Crippen molar-refractivity contribution in [2.24, 2.45) is 0 Å². The second-order valence-corrected chi connectivity index (χ2v) is 5.68. The summed E-state index contributed by atoms with van der Waals surface area (Å²) < 4.78 is 0. The van der Waals surface area contributed by atoms with Gasteiger partial charge < -0.3 is 15.7 Å². The summed E-state index contributed by atoms with van der Waals surface area (Å²) in [4.78, 5) is 11.5. The summed E-state index contributed by atoms with van der Waals surface area (Å²) in [5, 5.41) is 15.5. The van der Waals surface area contributed by atoms with Gasteiger partial charge in [0.1, 0.15) is 0 Å². The van der Waals surface area contributed by atoms with E-state index in [0.29, 0.717) is 12.6 Å². The summed E-state index contributed by atoms with van der Waals surface area (Å²) in [5.74, 6) is 0.0404. The molecule has 0 unspecified atom stereocenters. The normalized spacial score (nSPS) is 26.5. The van der Waals surface area contributed by atoms with Crippen LogP contribution in [-0.4, -0.2) is 35.2 Å². The average molecular weight is 228 g/mol. The first kappa shape index (κ1) is 13.5. The van der Waals surface area contributed by atoms with E-state index in [4.69, 9.17) is 0 Å². The lowest BCUT2D eigenvalue weighted by molar-refractivity contribution is -0.121. The number of aliphatic hydroxyl groups excluding tert-OH is 1. The van der Waals surface area contributed by atoms with E-state index in [1.807, 2.05) is 20.8 Å². The minimum atomic E-state index is -0.165. The SMILES string of the molecule is CC(C)(C)NC(=O)CNC1CCC(O)CC1. The average Bonchev–Trinajstić information content (AvgIpc) is 2.14. The number of amides is 1. The third kappa shape index (κ3) is 5.47. The third-order valence-electron chi connectivity index (χ3n) is 2.76. The molecule has 3 N–H and O–H groups in total. The second-order valence-electron chi connectivity index (χ2n) is 5.68.